The maximum absolute atomic E-state index is 13.2. The maximum Gasteiger partial charge on any atom is 0.306 e. The topological polar surface area (TPSA) is 26.3 Å². The zero-order valence-corrected chi connectivity index (χ0v) is 31.3. The van der Waals surface area contributed by atoms with Crippen LogP contribution in [0.1, 0.15) is 208 Å². The summed E-state index contributed by atoms with van der Waals surface area (Å²) in [5.41, 5.74) is 0.742. The monoisotopic (exact) mass is 627 g/mol. The van der Waals surface area contributed by atoms with Crippen LogP contribution in [0.15, 0.2) is 0 Å². The average Bonchev–Trinajstić information content (AvgIpc) is 3.37. The van der Waals surface area contributed by atoms with Crippen LogP contribution in [0.25, 0.3) is 0 Å². The molecule has 9 atom stereocenters. The van der Waals surface area contributed by atoms with Gasteiger partial charge in [-0.2, -0.15) is 0 Å². The van der Waals surface area contributed by atoms with Crippen LogP contribution < -0.4 is 0 Å². The molecule has 0 aromatic heterocycles. The number of hydrogen-bond donors (Lipinski definition) is 0. The molecule has 0 bridgehead atoms. The molecular formula is C43H78O2. The largest absolute Gasteiger partial charge is 0.462 e. The summed E-state index contributed by atoms with van der Waals surface area (Å²) in [6.45, 7) is 15.0. The van der Waals surface area contributed by atoms with Crippen LogP contribution >= 0.6 is 0 Å². The van der Waals surface area contributed by atoms with Gasteiger partial charge in [-0.3, -0.25) is 4.79 Å². The SMILES string of the molecule is CCCCCCCCCCCCCCCC(=O)OC1CCC[C@H]2CC[C@H]3[C@@H]4CC[C@H]([C@H](C)CCCC(C)C)[C@@]4(C)CC[C@@H]3[C@@]12C. The Balaban J connectivity index is 1.21. The molecule has 0 aromatic rings. The van der Waals surface area contributed by atoms with Crippen molar-refractivity contribution in [3.63, 3.8) is 0 Å². The summed E-state index contributed by atoms with van der Waals surface area (Å²) in [5, 5.41) is 0. The summed E-state index contributed by atoms with van der Waals surface area (Å²) < 4.78 is 6.54. The van der Waals surface area contributed by atoms with E-state index in [1.54, 1.807) is 0 Å². The highest BCUT2D eigenvalue weighted by Gasteiger charge is 2.62. The molecule has 0 amide bonds. The van der Waals surface area contributed by atoms with Gasteiger partial charge in [-0.25, -0.2) is 0 Å². The Morgan fingerprint density at radius 3 is 1.98 bits per heavy atom. The second-order valence-electron chi connectivity index (χ2n) is 17.9. The summed E-state index contributed by atoms with van der Waals surface area (Å²) in [4.78, 5) is 13.2. The van der Waals surface area contributed by atoms with Gasteiger partial charge in [0, 0.05) is 11.8 Å². The lowest BCUT2D eigenvalue weighted by atomic mass is 9.44. The first-order chi connectivity index (χ1) is 21.7. The van der Waals surface area contributed by atoms with E-state index in [1.807, 2.05) is 0 Å². The van der Waals surface area contributed by atoms with Crippen molar-refractivity contribution in [2.24, 2.45) is 52.3 Å². The van der Waals surface area contributed by atoms with Crippen LogP contribution in [0.5, 0.6) is 0 Å². The Labute approximate surface area is 281 Å². The zero-order valence-electron chi connectivity index (χ0n) is 31.3. The lowest BCUT2D eigenvalue weighted by Crippen LogP contribution is -2.58. The van der Waals surface area contributed by atoms with Gasteiger partial charge in [0.1, 0.15) is 6.10 Å². The minimum atomic E-state index is 0.115. The van der Waals surface area contributed by atoms with E-state index in [9.17, 15) is 4.79 Å². The molecule has 0 N–H and O–H groups in total. The Kier molecular flexibility index (Phi) is 15.2. The standard InChI is InChI=1S/C43H78O2/c1-7-8-9-10-11-12-13-14-15-16-17-18-19-26-41(44)45-40-25-21-24-35-27-28-36-38-30-29-37(34(4)23-20-22-33(2)3)42(38,5)32-31-39(36)43(35,40)6/h33-40H,7-32H2,1-6H3/t34-,35+,36+,37-,38+,39+,40?,42-,43+/m1/s1. The lowest BCUT2D eigenvalue weighted by molar-refractivity contribution is -0.192. The molecule has 0 aromatic carbocycles. The van der Waals surface area contributed by atoms with Crippen molar-refractivity contribution in [3.05, 3.63) is 0 Å². The molecule has 2 heteroatoms. The van der Waals surface area contributed by atoms with Gasteiger partial charge in [0.05, 0.1) is 0 Å². The third-order valence-corrected chi connectivity index (χ3v) is 14.6. The normalized spacial score (nSPS) is 35.1. The maximum atomic E-state index is 13.2. The van der Waals surface area contributed by atoms with Crippen molar-refractivity contribution in [2.75, 3.05) is 0 Å². The van der Waals surface area contributed by atoms with Gasteiger partial charge in [-0.15, -0.1) is 0 Å². The van der Waals surface area contributed by atoms with E-state index in [0.717, 1.165) is 54.3 Å². The molecule has 2 nitrogen and oxygen atoms in total. The highest BCUT2D eigenvalue weighted by molar-refractivity contribution is 5.69. The van der Waals surface area contributed by atoms with Crippen molar-refractivity contribution in [1.82, 2.24) is 0 Å². The van der Waals surface area contributed by atoms with Gasteiger partial charge in [0.15, 0.2) is 0 Å². The lowest BCUT2D eigenvalue weighted by Gasteiger charge is -2.62. The average molecular weight is 627 g/mol. The molecule has 4 saturated carbocycles. The van der Waals surface area contributed by atoms with Gasteiger partial charge < -0.3 is 4.74 Å². The van der Waals surface area contributed by atoms with E-state index in [0.29, 0.717) is 11.8 Å². The highest BCUT2D eigenvalue weighted by Crippen LogP contribution is 2.68. The van der Waals surface area contributed by atoms with Crippen molar-refractivity contribution in [3.8, 4) is 0 Å². The van der Waals surface area contributed by atoms with Gasteiger partial charge in [0.25, 0.3) is 0 Å². The Morgan fingerprint density at radius 2 is 1.33 bits per heavy atom. The van der Waals surface area contributed by atoms with Crippen LogP contribution in [0.2, 0.25) is 0 Å². The summed E-state index contributed by atoms with van der Waals surface area (Å²) in [6, 6.07) is 0. The third kappa shape index (κ3) is 9.55. The van der Waals surface area contributed by atoms with Crippen LogP contribution in [-0.4, -0.2) is 12.1 Å². The molecule has 0 aliphatic heterocycles. The fourth-order valence-electron chi connectivity index (χ4n) is 12.0. The molecule has 4 fully saturated rings. The Bertz CT molecular complexity index is 849. The minimum absolute atomic E-state index is 0.115. The second kappa shape index (κ2) is 18.3. The number of ether oxygens (including phenoxy) is 1. The van der Waals surface area contributed by atoms with Gasteiger partial charge >= 0.3 is 5.97 Å². The van der Waals surface area contributed by atoms with Crippen LogP contribution in [-0.2, 0) is 9.53 Å². The number of hydrogen-bond acceptors (Lipinski definition) is 2. The first-order valence-corrected chi connectivity index (χ1v) is 20.9. The summed E-state index contributed by atoms with van der Waals surface area (Å²) >= 11 is 0. The molecular weight excluding hydrogens is 548 g/mol. The van der Waals surface area contributed by atoms with Crippen molar-refractivity contribution in [2.45, 2.75) is 215 Å². The summed E-state index contributed by atoms with van der Waals surface area (Å²) in [7, 11) is 0. The number of unbranched alkanes of at least 4 members (excludes halogenated alkanes) is 12. The van der Waals surface area contributed by atoms with Gasteiger partial charge in [-0.1, -0.05) is 138 Å². The molecule has 4 rings (SSSR count). The number of carbonyl (C=O) groups is 1. The van der Waals surface area contributed by atoms with Crippen LogP contribution in [0.4, 0.5) is 0 Å². The van der Waals surface area contributed by atoms with E-state index in [-0.39, 0.29) is 17.5 Å². The molecule has 45 heavy (non-hydrogen) atoms. The van der Waals surface area contributed by atoms with E-state index >= 15 is 0 Å². The molecule has 4 aliphatic rings. The quantitative estimate of drug-likeness (QED) is 0.0992. The van der Waals surface area contributed by atoms with E-state index in [1.165, 1.54) is 148 Å². The molecule has 0 saturated heterocycles. The molecule has 0 heterocycles. The third-order valence-electron chi connectivity index (χ3n) is 14.6. The van der Waals surface area contributed by atoms with E-state index < -0.39 is 0 Å². The number of fused-ring (bicyclic) bond motifs is 5. The first kappa shape index (κ1) is 37.3. The van der Waals surface area contributed by atoms with Crippen molar-refractivity contribution in [1.29, 1.82) is 0 Å². The molecule has 4 aliphatic carbocycles. The molecule has 262 valence electrons. The van der Waals surface area contributed by atoms with Crippen LogP contribution in [0, 0.1) is 52.3 Å². The number of carbonyl (C=O) groups excluding carboxylic acids is 1. The van der Waals surface area contributed by atoms with E-state index in [2.05, 4.69) is 41.5 Å². The zero-order chi connectivity index (χ0) is 32.3. The van der Waals surface area contributed by atoms with Gasteiger partial charge in [-0.05, 0) is 111 Å². The van der Waals surface area contributed by atoms with Crippen molar-refractivity contribution < 1.29 is 9.53 Å². The van der Waals surface area contributed by atoms with Crippen molar-refractivity contribution >= 4 is 5.97 Å². The second-order valence-corrected chi connectivity index (χ2v) is 17.9. The first-order valence-electron chi connectivity index (χ1n) is 20.9. The number of esters is 1. The van der Waals surface area contributed by atoms with Crippen LogP contribution in [0.3, 0.4) is 0 Å². The summed E-state index contributed by atoms with van der Waals surface area (Å²) in [6.07, 6.45) is 34.8. The predicted molar refractivity (Wildman–Crippen MR) is 193 cm³/mol. The summed E-state index contributed by atoms with van der Waals surface area (Å²) in [5.74, 6) is 6.02. The predicted octanol–water partition coefficient (Wildman–Crippen LogP) is 13.5. The smallest absolute Gasteiger partial charge is 0.306 e. The van der Waals surface area contributed by atoms with Gasteiger partial charge in [0.2, 0.25) is 0 Å². The Hall–Kier alpha value is -0.530. The van der Waals surface area contributed by atoms with E-state index in [4.69, 9.17) is 4.74 Å². The molecule has 0 spiro atoms. The minimum Gasteiger partial charge on any atom is -0.462 e. The Morgan fingerprint density at radius 1 is 0.689 bits per heavy atom. The number of rotatable bonds is 20. The fourth-order valence-corrected chi connectivity index (χ4v) is 12.0. The molecule has 1 unspecified atom stereocenters. The molecule has 0 radical (unpaired) electrons. The fraction of sp³-hybridized carbons (Fsp3) is 0.977. The highest BCUT2D eigenvalue weighted by atomic mass is 16.5.